The van der Waals surface area contributed by atoms with Crippen LogP contribution < -0.4 is 5.73 Å². The zero-order valence-corrected chi connectivity index (χ0v) is 9.28. The van der Waals surface area contributed by atoms with Gasteiger partial charge in [0.15, 0.2) is 0 Å². The lowest BCUT2D eigenvalue weighted by atomic mass is 10.1. The van der Waals surface area contributed by atoms with Gasteiger partial charge in [-0.3, -0.25) is 0 Å². The first-order valence-corrected chi connectivity index (χ1v) is 5.86. The predicted molar refractivity (Wildman–Crippen MR) is 59.2 cm³/mol. The average molecular weight is 200 g/mol. The standard InChI is InChI=1S/C11H24N2O/c1-10(14)6-9-13-8-3-5-11(13)4-2-7-12/h10-11,14H,2-9,12H2,1H3. The highest BCUT2D eigenvalue weighted by molar-refractivity contribution is 4.79. The van der Waals surface area contributed by atoms with Crippen LogP contribution in [0.4, 0.5) is 0 Å². The normalized spacial score (nSPS) is 25.5. The Morgan fingerprint density at radius 2 is 2.36 bits per heavy atom. The first kappa shape index (κ1) is 12.0. The molecule has 0 amide bonds. The van der Waals surface area contributed by atoms with Gasteiger partial charge in [0.05, 0.1) is 6.10 Å². The van der Waals surface area contributed by atoms with Crippen molar-refractivity contribution in [1.82, 2.24) is 4.90 Å². The molecule has 0 spiro atoms. The van der Waals surface area contributed by atoms with E-state index in [1.165, 1.54) is 25.8 Å². The monoisotopic (exact) mass is 200 g/mol. The summed E-state index contributed by atoms with van der Waals surface area (Å²) in [6, 6.07) is 0.734. The topological polar surface area (TPSA) is 49.5 Å². The van der Waals surface area contributed by atoms with Crippen LogP contribution in [0.25, 0.3) is 0 Å². The van der Waals surface area contributed by atoms with Crippen molar-refractivity contribution in [3.8, 4) is 0 Å². The van der Waals surface area contributed by atoms with Gasteiger partial charge in [0.1, 0.15) is 0 Å². The molecular weight excluding hydrogens is 176 g/mol. The van der Waals surface area contributed by atoms with Gasteiger partial charge in [0.2, 0.25) is 0 Å². The Morgan fingerprint density at radius 3 is 3.00 bits per heavy atom. The molecule has 84 valence electrons. The third-order valence-corrected chi connectivity index (χ3v) is 3.07. The van der Waals surface area contributed by atoms with Crippen molar-refractivity contribution in [3.05, 3.63) is 0 Å². The van der Waals surface area contributed by atoms with Crippen LogP contribution in [0.5, 0.6) is 0 Å². The molecule has 0 saturated carbocycles. The molecule has 3 heteroatoms. The molecule has 1 rings (SSSR count). The summed E-state index contributed by atoms with van der Waals surface area (Å²) >= 11 is 0. The molecule has 0 aromatic rings. The fourth-order valence-electron chi connectivity index (χ4n) is 2.22. The molecule has 0 bridgehead atoms. The molecule has 2 unspecified atom stereocenters. The minimum atomic E-state index is -0.161. The van der Waals surface area contributed by atoms with Gasteiger partial charge in [-0.2, -0.15) is 0 Å². The largest absolute Gasteiger partial charge is 0.393 e. The number of hydrogen-bond acceptors (Lipinski definition) is 3. The Labute approximate surface area is 87.3 Å². The third kappa shape index (κ3) is 3.95. The number of aliphatic hydroxyl groups excluding tert-OH is 1. The summed E-state index contributed by atoms with van der Waals surface area (Å²) in [4.78, 5) is 2.52. The maximum atomic E-state index is 9.23. The van der Waals surface area contributed by atoms with E-state index < -0.39 is 0 Å². The Balaban J connectivity index is 2.21. The molecule has 0 radical (unpaired) electrons. The van der Waals surface area contributed by atoms with Crippen molar-refractivity contribution in [2.45, 2.75) is 51.2 Å². The second-order valence-corrected chi connectivity index (χ2v) is 4.40. The molecular formula is C11H24N2O. The summed E-state index contributed by atoms with van der Waals surface area (Å²) in [7, 11) is 0. The predicted octanol–water partition coefficient (Wildman–Crippen LogP) is 0.961. The second kappa shape index (κ2) is 6.38. The van der Waals surface area contributed by atoms with E-state index in [4.69, 9.17) is 5.73 Å². The molecule has 1 fully saturated rings. The molecule has 14 heavy (non-hydrogen) atoms. The lowest BCUT2D eigenvalue weighted by molar-refractivity contribution is 0.148. The van der Waals surface area contributed by atoms with E-state index in [0.29, 0.717) is 0 Å². The SMILES string of the molecule is CC(O)CCN1CCCC1CCCN. The summed E-state index contributed by atoms with van der Waals surface area (Å²) in [5.74, 6) is 0. The minimum Gasteiger partial charge on any atom is -0.393 e. The fourth-order valence-corrected chi connectivity index (χ4v) is 2.22. The van der Waals surface area contributed by atoms with E-state index in [9.17, 15) is 5.11 Å². The molecule has 0 aromatic carbocycles. The number of hydrogen-bond donors (Lipinski definition) is 2. The molecule has 1 aliphatic rings. The number of likely N-dealkylation sites (tertiary alicyclic amines) is 1. The van der Waals surface area contributed by atoms with Crippen molar-refractivity contribution in [2.24, 2.45) is 5.73 Å². The Morgan fingerprint density at radius 1 is 1.57 bits per heavy atom. The van der Waals surface area contributed by atoms with Gasteiger partial charge in [0, 0.05) is 12.6 Å². The number of aliphatic hydroxyl groups is 1. The smallest absolute Gasteiger partial charge is 0.0524 e. The second-order valence-electron chi connectivity index (χ2n) is 4.40. The lowest BCUT2D eigenvalue weighted by Crippen LogP contribution is -2.32. The molecule has 3 N–H and O–H groups in total. The summed E-state index contributed by atoms with van der Waals surface area (Å²) < 4.78 is 0. The first-order chi connectivity index (χ1) is 6.74. The summed E-state index contributed by atoms with van der Waals surface area (Å²) in [6.07, 6.45) is 5.74. The van der Waals surface area contributed by atoms with Gasteiger partial charge >= 0.3 is 0 Å². The van der Waals surface area contributed by atoms with Gasteiger partial charge in [-0.1, -0.05) is 0 Å². The molecule has 2 atom stereocenters. The molecule has 0 aliphatic carbocycles. The Hall–Kier alpha value is -0.120. The van der Waals surface area contributed by atoms with E-state index in [1.807, 2.05) is 6.92 Å². The maximum Gasteiger partial charge on any atom is 0.0524 e. The van der Waals surface area contributed by atoms with Gasteiger partial charge in [-0.25, -0.2) is 0 Å². The zero-order valence-electron chi connectivity index (χ0n) is 9.28. The van der Waals surface area contributed by atoms with Gasteiger partial charge in [-0.15, -0.1) is 0 Å². The van der Waals surface area contributed by atoms with E-state index in [1.54, 1.807) is 0 Å². The highest BCUT2D eigenvalue weighted by Gasteiger charge is 2.23. The minimum absolute atomic E-state index is 0.161. The molecule has 0 aromatic heterocycles. The van der Waals surface area contributed by atoms with Crippen LogP contribution in [0.1, 0.15) is 39.0 Å². The van der Waals surface area contributed by atoms with E-state index >= 15 is 0 Å². The van der Waals surface area contributed by atoms with Crippen molar-refractivity contribution < 1.29 is 5.11 Å². The number of rotatable bonds is 6. The van der Waals surface area contributed by atoms with Gasteiger partial charge in [-0.05, 0) is 52.1 Å². The van der Waals surface area contributed by atoms with Crippen LogP contribution in [0.2, 0.25) is 0 Å². The maximum absolute atomic E-state index is 9.23. The Bertz CT molecular complexity index is 150. The highest BCUT2D eigenvalue weighted by Crippen LogP contribution is 2.21. The van der Waals surface area contributed by atoms with Gasteiger partial charge in [0.25, 0.3) is 0 Å². The van der Waals surface area contributed by atoms with Crippen molar-refractivity contribution in [1.29, 1.82) is 0 Å². The summed E-state index contributed by atoms with van der Waals surface area (Å²) in [5, 5.41) is 9.23. The van der Waals surface area contributed by atoms with Crippen LogP contribution in [-0.4, -0.2) is 41.8 Å². The zero-order chi connectivity index (χ0) is 10.4. The average Bonchev–Trinajstić information content (AvgIpc) is 2.58. The summed E-state index contributed by atoms with van der Waals surface area (Å²) in [5.41, 5.74) is 5.52. The molecule has 1 aliphatic heterocycles. The van der Waals surface area contributed by atoms with Crippen LogP contribution in [0.3, 0.4) is 0 Å². The first-order valence-electron chi connectivity index (χ1n) is 5.86. The third-order valence-electron chi connectivity index (χ3n) is 3.07. The number of nitrogens with two attached hydrogens (primary N) is 1. The summed E-state index contributed by atoms with van der Waals surface area (Å²) in [6.45, 7) is 4.93. The van der Waals surface area contributed by atoms with Crippen LogP contribution in [0.15, 0.2) is 0 Å². The molecule has 1 heterocycles. The van der Waals surface area contributed by atoms with Crippen LogP contribution in [0, 0.1) is 0 Å². The van der Waals surface area contributed by atoms with E-state index in [-0.39, 0.29) is 6.10 Å². The fraction of sp³-hybridized carbons (Fsp3) is 1.00. The van der Waals surface area contributed by atoms with Crippen molar-refractivity contribution in [2.75, 3.05) is 19.6 Å². The van der Waals surface area contributed by atoms with E-state index in [2.05, 4.69) is 4.90 Å². The van der Waals surface area contributed by atoms with Crippen molar-refractivity contribution in [3.63, 3.8) is 0 Å². The molecule has 3 nitrogen and oxygen atoms in total. The quantitative estimate of drug-likeness (QED) is 0.671. The van der Waals surface area contributed by atoms with Gasteiger partial charge < -0.3 is 15.7 Å². The van der Waals surface area contributed by atoms with Crippen molar-refractivity contribution >= 4 is 0 Å². The van der Waals surface area contributed by atoms with Crippen LogP contribution in [-0.2, 0) is 0 Å². The van der Waals surface area contributed by atoms with E-state index in [0.717, 1.165) is 32.0 Å². The lowest BCUT2D eigenvalue weighted by Gasteiger charge is -2.24. The van der Waals surface area contributed by atoms with Crippen LogP contribution >= 0.6 is 0 Å². The highest BCUT2D eigenvalue weighted by atomic mass is 16.3. The number of nitrogens with zero attached hydrogens (tertiary/aromatic N) is 1. The molecule has 1 saturated heterocycles. The Kier molecular flexibility index (Phi) is 5.45.